The molecule has 1 aromatic heterocycles. The molecule has 0 spiro atoms. The van der Waals surface area contributed by atoms with Gasteiger partial charge in [0.05, 0.1) is 13.0 Å². The SMILES string of the molecule is CN1CCC(COC(=O)CCN(C(=O)C2=CC=C=C=C2)c2ccccn2)CC1. The van der Waals surface area contributed by atoms with Crippen LogP contribution in [-0.4, -0.2) is 55.0 Å². The van der Waals surface area contributed by atoms with E-state index in [9.17, 15) is 9.59 Å². The monoisotopic (exact) mass is 379 g/mol. The van der Waals surface area contributed by atoms with E-state index >= 15 is 0 Å². The smallest absolute Gasteiger partial charge is 0.307 e. The third-order valence-electron chi connectivity index (χ3n) is 4.93. The van der Waals surface area contributed by atoms with Crippen molar-refractivity contribution in [2.45, 2.75) is 19.3 Å². The maximum atomic E-state index is 12.9. The summed E-state index contributed by atoms with van der Waals surface area (Å²) < 4.78 is 5.46. The van der Waals surface area contributed by atoms with Gasteiger partial charge in [0.2, 0.25) is 0 Å². The summed E-state index contributed by atoms with van der Waals surface area (Å²) in [7, 11) is 2.11. The van der Waals surface area contributed by atoms with Crippen LogP contribution < -0.4 is 4.90 Å². The van der Waals surface area contributed by atoms with Crippen LogP contribution in [0.4, 0.5) is 5.82 Å². The Morgan fingerprint density at radius 1 is 1.29 bits per heavy atom. The van der Waals surface area contributed by atoms with Gasteiger partial charge in [-0.1, -0.05) is 17.5 Å². The van der Waals surface area contributed by atoms with Gasteiger partial charge < -0.3 is 9.64 Å². The van der Waals surface area contributed by atoms with Crippen molar-refractivity contribution >= 4 is 17.7 Å². The lowest BCUT2D eigenvalue weighted by Gasteiger charge is -2.28. The minimum atomic E-state index is -0.291. The van der Waals surface area contributed by atoms with Gasteiger partial charge in [0.15, 0.2) is 0 Å². The molecule has 6 nitrogen and oxygen atoms in total. The first-order valence-electron chi connectivity index (χ1n) is 9.58. The van der Waals surface area contributed by atoms with Gasteiger partial charge in [-0.15, -0.1) is 0 Å². The van der Waals surface area contributed by atoms with Gasteiger partial charge in [-0.2, -0.15) is 0 Å². The zero-order valence-corrected chi connectivity index (χ0v) is 16.1. The number of anilines is 1. The molecule has 1 aliphatic heterocycles. The number of pyridine rings is 1. The van der Waals surface area contributed by atoms with Crippen LogP contribution in [0.15, 0.2) is 59.7 Å². The average Bonchev–Trinajstić information content (AvgIpc) is 2.74. The van der Waals surface area contributed by atoms with Crippen molar-refractivity contribution in [1.29, 1.82) is 0 Å². The number of hydrogen-bond donors (Lipinski definition) is 0. The first-order valence-corrected chi connectivity index (χ1v) is 9.58. The molecule has 0 saturated carbocycles. The lowest BCUT2D eigenvalue weighted by Crippen LogP contribution is -2.35. The summed E-state index contributed by atoms with van der Waals surface area (Å²) in [5.74, 6) is 0.404. The molecule has 146 valence electrons. The largest absolute Gasteiger partial charge is 0.465 e. The number of aromatic nitrogens is 1. The molecule has 0 N–H and O–H groups in total. The fourth-order valence-corrected chi connectivity index (χ4v) is 3.18. The molecular formula is C22H25N3O3. The number of allylic oxidation sites excluding steroid dienone is 2. The average molecular weight is 379 g/mol. The van der Waals surface area contributed by atoms with Crippen molar-refractivity contribution < 1.29 is 14.3 Å². The number of carbonyl (C=O) groups excluding carboxylic acids is 2. The molecule has 0 bridgehead atoms. The number of hydrogen-bond acceptors (Lipinski definition) is 5. The molecule has 1 amide bonds. The van der Waals surface area contributed by atoms with Crippen LogP contribution in [0.5, 0.6) is 0 Å². The van der Waals surface area contributed by atoms with E-state index in [0.717, 1.165) is 25.9 Å². The van der Waals surface area contributed by atoms with Crippen molar-refractivity contribution in [3.63, 3.8) is 0 Å². The van der Waals surface area contributed by atoms with Gasteiger partial charge >= 0.3 is 5.97 Å². The Morgan fingerprint density at radius 2 is 2.11 bits per heavy atom. The molecule has 0 radical (unpaired) electrons. The predicted molar refractivity (Wildman–Crippen MR) is 107 cm³/mol. The number of amides is 1. The third-order valence-corrected chi connectivity index (χ3v) is 4.93. The molecule has 3 rings (SSSR count). The van der Waals surface area contributed by atoms with Gasteiger partial charge in [0, 0.05) is 24.4 Å². The van der Waals surface area contributed by atoms with Crippen LogP contribution in [0.3, 0.4) is 0 Å². The summed E-state index contributed by atoms with van der Waals surface area (Å²) in [6.45, 7) is 2.74. The second-order valence-electron chi connectivity index (χ2n) is 7.05. The van der Waals surface area contributed by atoms with Crippen LogP contribution in [0.1, 0.15) is 19.3 Å². The Hall–Kier alpha value is -2.91. The molecule has 2 heterocycles. The fourth-order valence-electron chi connectivity index (χ4n) is 3.18. The van der Waals surface area contributed by atoms with E-state index < -0.39 is 0 Å². The number of esters is 1. The fraction of sp³-hybridized carbons (Fsp3) is 0.409. The highest BCUT2D eigenvalue weighted by Gasteiger charge is 2.22. The highest BCUT2D eigenvalue weighted by Crippen LogP contribution is 2.18. The molecule has 1 aliphatic carbocycles. The number of nitrogens with zero attached hydrogens (tertiary/aromatic N) is 3. The second-order valence-corrected chi connectivity index (χ2v) is 7.05. The van der Waals surface area contributed by atoms with E-state index in [1.165, 1.54) is 4.90 Å². The van der Waals surface area contributed by atoms with E-state index in [1.807, 2.05) is 6.07 Å². The Morgan fingerprint density at radius 3 is 2.79 bits per heavy atom. The van der Waals surface area contributed by atoms with Crippen molar-refractivity contribution in [1.82, 2.24) is 9.88 Å². The van der Waals surface area contributed by atoms with Crippen LogP contribution in [0, 0.1) is 5.92 Å². The third kappa shape index (κ3) is 5.54. The summed E-state index contributed by atoms with van der Waals surface area (Å²) >= 11 is 0. The van der Waals surface area contributed by atoms with Crippen molar-refractivity contribution in [3.05, 3.63) is 59.7 Å². The summed E-state index contributed by atoms with van der Waals surface area (Å²) in [4.78, 5) is 33.2. The lowest BCUT2D eigenvalue weighted by atomic mass is 9.98. The molecule has 0 atom stereocenters. The number of piperidine rings is 1. The quantitative estimate of drug-likeness (QED) is 0.538. The van der Waals surface area contributed by atoms with Crippen molar-refractivity contribution in [2.75, 3.05) is 38.2 Å². The van der Waals surface area contributed by atoms with E-state index in [0.29, 0.717) is 23.9 Å². The number of ether oxygens (including phenoxy) is 1. The first-order chi connectivity index (χ1) is 13.6. The zero-order chi connectivity index (χ0) is 19.8. The molecule has 1 saturated heterocycles. The Balaban J connectivity index is 1.56. The van der Waals surface area contributed by atoms with Crippen LogP contribution >= 0.6 is 0 Å². The normalized spacial score (nSPS) is 16.7. The van der Waals surface area contributed by atoms with Crippen LogP contribution in [0.2, 0.25) is 0 Å². The van der Waals surface area contributed by atoms with E-state index in [2.05, 4.69) is 28.4 Å². The van der Waals surface area contributed by atoms with Crippen molar-refractivity contribution in [2.24, 2.45) is 5.92 Å². The first kappa shape index (κ1) is 19.8. The summed E-state index contributed by atoms with van der Waals surface area (Å²) in [5, 5.41) is 0. The molecule has 2 aliphatic rings. The predicted octanol–water partition coefficient (Wildman–Crippen LogP) is 2.50. The Kier molecular flexibility index (Phi) is 6.99. The van der Waals surface area contributed by atoms with Crippen LogP contribution in [0.25, 0.3) is 0 Å². The van der Waals surface area contributed by atoms with Crippen LogP contribution in [-0.2, 0) is 14.3 Å². The van der Waals surface area contributed by atoms with E-state index in [4.69, 9.17) is 4.74 Å². The summed E-state index contributed by atoms with van der Waals surface area (Å²) in [6, 6.07) is 5.35. The maximum absolute atomic E-state index is 12.9. The van der Waals surface area contributed by atoms with Crippen molar-refractivity contribution in [3.8, 4) is 0 Å². The minimum absolute atomic E-state index is 0.123. The minimum Gasteiger partial charge on any atom is -0.465 e. The zero-order valence-electron chi connectivity index (χ0n) is 16.1. The number of carbonyl (C=O) groups is 2. The topological polar surface area (TPSA) is 62.7 Å². The molecule has 28 heavy (non-hydrogen) atoms. The molecule has 0 aromatic carbocycles. The van der Waals surface area contributed by atoms with E-state index in [1.54, 1.807) is 36.6 Å². The van der Waals surface area contributed by atoms with Gasteiger partial charge in [0.25, 0.3) is 5.91 Å². The summed E-state index contributed by atoms with van der Waals surface area (Å²) in [5.41, 5.74) is 6.04. The van der Waals surface area contributed by atoms with Gasteiger partial charge in [0.1, 0.15) is 5.82 Å². The summed E-state index contributed by atoms with van der Waals surface area (Å²) in [6.07, 6.45) is 8.73. The van der Waals surface area contributed by atoms with E-state index in [-0.39, 0.29) is 24.8 Å². The second kappa shape index (κ2) is 9.86. The number of likely N-dealkylation sites (tertiary alicyclic amines) is 1. The standard InChI is InChI=1S/C22H25N3O3/c1-24-14-10-18(11-15-24)17-28-21(26)12-16-25(20-9-5-6-13-23-20)22(27)19-7-3-2-4-8-19/h3,5-9,13,18H,10-12,14-17H2,1H3. The Bertz CT molecular complexity index is 826. The van der Waals surface area contributed by atoms with Gasteiger partial charge in [-0.05, 0) is 63.2 Å². The molecule has 1 fully saturated rings. The van der Waals surface area contributed by atoms with Gasteiger partial charge in [-0.25, -0.2) is 4.98 Å². The molecule has 6 heteroatoms. The molecule has 0 unspecified atom stereocenters. The van der Waals surface area contributed by atoms with Gasteiger partial charge in [-0.3, -0.25) is 14.5 Å². The molecule has 1 aromatic rings. The highest BCUT2D eigenvalue weighted by molar-refractivity contribution is 6.07. The Labute approximate surface area is 165 Å². The number of rotatable bonds is 7. The maximum Gasteiger partial charge on any atom is 0.307 e. The highest BCUT2D eigenvalue weighted by atomic mass is 16.5. The molecular weight excluding hydrogens is 354 g/mol. The lowest BCUT2D eigenvalue weighted by molar-refractivity contribution is -0.145.